The number of hydrogen-bond acceptors (Lipinski definition) is 7. The molecular formula is C15H14O9. The van der Waals surface area contributed by atoms with Gasteiger partial charge in [-0.15, -0.1) is 0 Å². The maximum Gasteiger partial charge on any atom is 0.248 e. The summed E-state index contributed by atoms with van der Waals surface area (Å²) in [7, 11) is 0. The molecule has 0 aliphatic carbocycles. The molecule has 3 rings (SSSR count). The Kier molecular flexibility index (Phi) is 5.03. The second-order valence-corrected chi connectivity index (χ2v) is 4.78. The van der Waals surface area contributed by atoms with Gasteiger partial charge < -0.3 is 36.1 Å². The van der Waals surface area contributed by atoms with E-state index in [1.54, 1.807) is 0 Å². The lowest BCUT2D eigenvalue weighted by molar-refractivity contribution is -0.122. The summed E-state index contributed by atoms with van der Waals surface area (Å²) < 4.78 is 5.37. The fraction of sp³-hybridized carbons (Fsp3) is 0.0667. The Morgan fingerprint density at radius 1 is 0.833 bits per heavy atom. The SMILES string of the molecule is O.O.O=C1C(=O)C(c2ccc(O)c(O)c2)Oc2cc(O)cc(O)c21. The highest BCUT2D eigenvalue weighted by Gasteiger charge is 2.39. The summed E-state index contributed by atoms with van der Waals surface area (Å²) in [5.41, 5.74) is -0.163. The molecule has 1 unspecified atom stereocenters. The summed E-state index contributed by atoms with van der Waals surface area (Å²) in [6.45, 7) is 0. The fourth-order valence-electron chi connectivity index (χ4n) is 2.25. The molecule has 2 aromatic rings. The van der Waals surface area contributed by atoms with Gasteiger partial charge in [0.1, 0.15) is 22.8 Å². The van der Waals surface area contributed by atoms with Gasteiger partial charge in [0, 0.05) is 17.7 Å². The molecule has 9 nitrogen and oxygen atoms in total. The fourth-order valence-corrected chi connectivity index (χ4v) is 2.25. The maximum absolute atomic E-state index is 12.1. The van der Waals surface area contributed by atoms with Crippen LogP contribution in [0.15, 0.2) is 30.3 Å². The zero-order valence-corrected chi connectivity index (χ0v) is 12.0. The number of fused-ring (bicyclic) bond motifs is 1. The number of carbonyl (C=O) groups is 2. The van der Waals surface area contributed by atoms with E-state index >= 15 is 0 Å². The topological polar surface area (TPSA) is 187 Å². The van der Waals surface area contributed by atoms with Crippen LogP contribution in [0.5, 0.6) is 28.7 Å². The molecular weight excluding hydrogens is 324 g/mol. The lowest BCUT2D eigenvalue weighted by Gasteiger charge is -2.25. The van der Waals surface area contributed by atoms with Crippen LogP contribution in [0, 0.1) is 0 Å². The molecule has 128 valence electrons. The molecule has 0 aromatic heterocycles. The van der Waals surface area contributed by atoms with E-state index in [1.165, 1.54) is 6.07 Å². The molecule has 0 saturated heterocycles. The normalized spacial score (nSPS) is 15.6. The van der Waals surface area contributed by atoms with Crippen LogP contribution in [0.3, 0.4) is 0 Å². The predicted molar refractivity (Wildman–Crippen MR) is 79.5 cm³/mol. The van der Waals surface area contributed by atoms with E-state index in [9.17, 15) is 30.0 Å². The van der Waals surface area contributed by atoms with E-state index in [0.717, 1.165) is 24.3 Å². The summed E-state index contributed by atoms with van der Waals surface area (Å²) in [4.78, 5) is 24.2. The molecule has 0 fully saturated rings. The van der Waals surface area contributed by atoms with Gasteiger partial charge in [0.05, 0.1) is 0 Å². The zero-order chi connectivity index (χ0) is 16.0. The molecule has 0 amide bonds. The first-order valence-corrected chi connectivity index (χ1v) is 6.21. The monoisotopic (exact) mass is 338 g/mol. The largest absolute Gasteiger partial charge is 0.508 e. The van der Waals surface area contributed by atoms with E-state index in [4.69, 9.17) is 4.74 Å². The number of phenols is 4. The van der Waals surface area contributed by atoms with Crippen molar-refractivity contribution >= 4 is 11.6 Å². The first kappa shape index (κ1) is 18.7. The van der Waals surface area contributed by atoms with Crippen LogP contribution in [-0.2, 0) is 4.79 Å². The third-order valence-corrected chi connectivity index (χ3v) is 3.30. The molecule has 1 aliphatic heterocycles. The number of hydrogen-bond donors (Lipinski definition) is 4. The minimum Gasteiger partial charge on any atom is -0.508 e. The second-order valence-electron chi connectivity index (χ2n) is 4.78. The highest BCUT2D eigenvalue weighted by atomic mass is 16.5. The number of benzene rings is 2. The second kappa shape index (κ2) is 6.44. The number of carbonyl (C=O) groups excluding carboxylic acids is 2. The standard InChI is InChI=1S/C15H10O7.2H2O/c16-7-4-10(19)12-11(5-7)22-15(14(21)13(12)20)6-1-2-8(17)9(18)3-6;;/h1-5,15-19H;2*1H2. The molecule has 0 saturated carbocycles. The van der Waals surface area contributed by atoms with Crippen LogP contribution in [0.4, 0.5) is 0 Å². The first-order chi connectivity index (χ1) is 10.4. The van der Waals surface area contributed by atoms with E-state index in [-0.39, 0.29) is 39.3 Å². The summed E-state index contributed by atoms with van der Waals surface area (Å²) in [6, 6.07) is 5.60. The van der Waals surface area contributed by atoms with Crippen molar-refractivity contribution in [2.45, 2.75) is 6.10 Å². The molecule has 0 radical (unpaired) electrons. The molecule has 0 bridgehead atoms. The molecule has 2 aromatic carbocycles. The Morgan fingerprint density at radius 2 is 1.50 bits per heavy atom. The lowest BCUT2D eigenvalue weighted by atomic mass is 9.94. The van der Waals surface area contributed by atoms with Crippen molar-refractivity contribution in [2.24, 2.45) is 0 Å². The Hall–Kier alpha value is -3.30. The lowest BCUT2D eigenvalue weighted by Crippen LogP contribution is -2.31. The summed E-state index contributed by atoms with van der Waals surface area (Å²) in [5, 5.41) is 37.9. The third-order valence-electron chi connectivity index (χ3n) is 3.30. The van der Waals surface area contributed by atoms with Crippen LogP contribution in [0.2, 0.25) is 0 Å². The average Bonchev–Trinajstić information content (AvgIpc) is 2.45. The van der Waals surface area contributed by atoms with Gasteiger partial charge in [-0.1, -0.05) is 6.07 Å². The number of ether oxygens (including phenoxy) is 1. The summed E-state index contributed by atoms with van der Waals surface area (Å²) >= 11 is 0. The van der Waals surface area contributed by atoms with Crippen LogP contribution < -0.4 is 4.74 Å². The van der Waals surface area contributed by atoms with Crippen molar-refractivity contribution in [3.05, 3.63) is 41.5 Å². The molecule has 1 aliphatic rings. The predicted octanol–water partition coefficient (Wildman–Crippen LogP) is -0.255. The van der Waals surface area contributed by atoms with Crippen molar-refractivity contribution in [1.29, 1.82) is 0 Å². The van der Waals surface area contributed by atoms with Crippen LogP contribution in [0.25, 0.3) is 0 Å². The Morgan fingerprint density at radius 3 is 2.12 bits per heavy atom. The third kappa shape index (κ3) is 2.81. The van der Waals surface area contributed by atoms with Gasteiger partial charge in [0.15, 0.2) is 17.6 Å². The van der Waals surface area contributed by atoms with Gasteiger partial charge in [-0.3, -0.25) is 9.59 Å². The Labute approximate surface area is 134 Å². The highest BCUT2D eigenvalue weighted by Crippen LogP contribution is 2.41. The van der Waals surface area contributed by atoms with Crippen LogP contribution >= 0.6 is 0 Å². The van der Waals surface area contributed by atoms with E-state index in [2.05, 4.69) is 0 Å². The Balaban J connectivity index is 0.00000144. The van der Waals surface area contributed by atoms with E-state index in [0.29, 0.717) is 0 Å². The summed E-state index contributed by atoms with van der Waals surface area (Å²) in [5.74, 6) is -3.76. The highest BCUT2D eigenvalue weighted by molar-refractivity contribution is 6.47. The van der Waals surface area contributed by atoms with Gasteiger partial charge in [-0.05, 0) is 12.1 Å². The maximum atomic E-state index is 12.1. The van der Waals surface area contributed by atoms with Gasteiger partial charge in [-0.25, -0.2) is 0 Å². The smallest absolute Gasteiger partial charge is 0.248 e. The van der Waals surface area contributed by atoms with Crippen molar-refractivity contribution in [1.82, 2.24) is 0 Å². The number of rotatable bonds is 1. The average molecular weight is 338 g/mol. The Bertz CT molecular complexity index is 813. The van der Waals surface area contributed by atoms with E-state index in [1.807, 2.05) is 0 Å². The number of Topliss-reactive ketones (excluding diaryl/α,β-unsaturated/α-hetero) is 2. The van der Waals surface area contributed by atoms with E-state index < -0.39 is 29.2 Å². The molecule has 1 atom stereocenters. The van der Waals surface area contributed by atoms with Gasteiger partial charge >= 0.3 is 0 Å². The summed E-state index contributed by atoms with van der Waals surface area (Å²) in [6.07, 6.45) is -1.34. The van der Waals surface area contributed by atoms with Crippen molar-refractivity contribution in [2.75, 3.05) is 0 Å². The first-order valence-electron chi connectivity index (χ1n) is 6.21. The minimum atomic E-state index is -1.34. The van der Waals surface area contributed by atoms with Gasteiger partial charge in [0.25, 0.3) is 0 Å². The zero-order valence-electron chi connectivity index (χ0n) is 12.0. The molecule has 9 heteroatoms. The van der Waals surface area contributed by atoms with Crippen LogP contribution in [-0.4, -0.2) is 42.9 Å². The minimum absolute atomic E-state index is 0. The van der Waals surface area contributed by atoms with Crippen molar-refractivity contribution in [3.63, 3.8) is 0 Å². The molecule has 1 heterocycles. The van der Waals surface area contributed by atoms with Gasteiger partial charge in [-0.2, -0.15) is 0 Å². The van der Waals surface area contributed by atoms with Gasteiger partial charge in [0.2, 0.25) is 11.6 Å². The number of phenolic OH excluding ortho intramolecular Hbond substituents is 4. The van der Waals surface area contributed by atoms with Crippen molar-refractivity contribution < 1.29 is 45.7 Å². The number of ketones is 2. The van der Waals surface area contributed by atoms with Crippen molar-refractivity contribution in [3.8, 4) is 28.7 Å². The molecule has 24 heavy (non-hydrogen) atoms. The number of aromatic hydroxyl groups is 4. The molecule has 8 N–H and O–H groups in total. The quantitative estimate of drug-likeness (QED) is 0.407. The van der Waals surface area contributed by atoms with Crippen LogP contribution in [0.1, 0.15) is 22.0 Å². The molecule has 0 spiro atoms.